The maximum atomic E-state index is 14.7. The van der Waals surface area contributed by atoms with Crippen LogP contribution in [0.1, 0.15) is 56.2 Å². The number of amides is 1. The average Bonchev–Trinajstić information content (AvgIpc) is 3.06. The van der Waals surface area contributed by atoms with Gasteiger partial charge in [-0.25, -0.2) is 17.8 Å². The van der Waals surface area contributed by atoms with Crippen molar-refractivity contribution < 1.29 is 50.1 Å². The molecule has 1 N–H and O–H groups in total. The number of rotatable bonds is 10. The van der Waals surface area contributed by atoms with Gasteiger partial charge in [0, 0.05) is 31.3 Å². The number of hydrogen-bond acceptors (Lipinski definition) is 7. The third-order valence-corrected chi connectivity index (χ3v) is 10.6. The molecule has 0 saturated carbocycles. The maximum absolute atomic E-state index is 14.7. The number of sulfonamides is 1. The second-order valence-electron chi connectivity index (χ2n) is 11.9. The summed E-state index contributed by atoms with van der Waals surface area (Å²) in [7, 11) is -4.82. The summed E-state index contributed by atoms with van der Waals surface area (Å²) in [4.78, 5) is 28.8. The van der Waals surface area contributed by atoms with Crippen molar-refractivity contribution in [2.24, 2.45) is 5.92 Å². The number of nitrogens with zero attached hydrogens (tertiary/aromatic N) is 3. The summed E-state index contributed by atoms with van der Waals surface area (Å²) in [6.07, 6.45) is -3.11. The number of piperidine rings is 1. The van der Waals surface area contributed by atoms with E-state index in [9.17, 15) is 40.7 Å². The third kappa shape index (κ3) is 7.99. The van der Waals surface area contributed by atoms with Crippen LogP contribution in [0.4, 0.5) is 23.2 Å². The number of hydrogen-bond donors (Lipinski definition) is 1. The van der Waals surface area contributed by atoms with Crippen molar-refractivity contribution >= 4 is 50.8 Å². The summed E-state index contributed by atoms with van der Waals surface area (Å²) in [5, 5.41) is 9.42. The normalized spacial score (nSPS) is 17.3. The van der Waals surface area contributed by atoms with Gasteiger partial charge in [0.2, 0.25) is 11.8 Å². The number of fused-ring (bicyclic) bond motifs is 1. The van der Waals surface area contributed by atoms with Crippen molar-refractivity contribution in [3.63, 3.8) is 0 Å². The molecule has 2 aliphatic heterocycles. The second-order valence-corrected chi connectivity index (χ2v) is 14.2. The summed E-state index contributed by atoms with van der Waals surface area (Å²) in [6.45, 7) is 3.22. The Morgan fingerprint density at radius 1 is 1.16 bits per heavy atom. The van der Waals surface area contributed by atoms with E-state index in [-0.39, 0.29) is 67.0 Å². The summed E-state index contributed by atoms with van der Waals surface area (Å²) in [6, 6.07) is 9.22. The minimum Gasteiger partial charge on any atom is -0.486 e. The first-order valence-corrected chi connectivity index (χ1v) is 17.6. The molecule has 2 aromatic carbocycles. The number of aliphatic carboxylic acids is 1. The molecule has 1 saturated heterocycles. The van der Waals surface area contributed by atoms with Crippen LogP contribution in [-0.4, -0.2) is 67.6 Å². The van der Waals surface area contributed by atoms with Gasteiger partial charge in [-0.15, -0.1) is 0 Å². The number of pyridine rings is 1. The molecule has 268 valence electrons. The zero-order valence-electron chi connectivity index (χ0n) is 27.0. The first-order chi connectivity index (χ1) is 23.6. The average molecular weight is 740 g/mol. The lowest BCUT2D eigenvalue weighted by Crippen LogP contribution is -2.45. The van der Waals surface area contributed by atoms with E-state index in [1.54, 1.807) is 24.0 Å². The van der Waals surface area contributed by atoms with Gasteiger partial charge in [0.15, 0.2) is 4.90 Å². The minimum absolute atomic E-state index is 0.00985. The van der Waals surface area contributed by atoms with Gasteiger partial charge in [0.05, 0.1) is 35.3 Å². The van der Waals surface area contributed by atoms with Crippen LogP contribution < -0.4 is 13.8 Å². The lowest BCUT2D eigenvalue weighted by atomic mass is 9.97. The molecule has 0 spiro atoms. The molecule has 16 heteroatoms. The SMILES string of the molecule is CCOc1ncc(C(F)(F)F)cc1S(=O)(=O)N1CC(CCC(=O)N2CCC(C(=O)O)CC2)Oc2ccc(C=C(C)c3c(F)cccc3Cl)cc21. The third-order valence-electron chi connectivity index (χ3n) is 8.53. The Morgan fingerprint density at radius 3 is 2.52 bits per heavy atom. The highest BCUT2D eigenvalue weighted by molar-refractivity contribution is 7.93. The minimum atomic E-state index is -4.91. The summed E-state index contributed by atoms with van der Waals surface area (Å²) in [5.41, 5.74) is -0.333. The van der Waals surface area contributed by atoms with Crippen molar-refractivity contribution in [1.82, 2.24) is 9.88 Å². The first kappa shape index (κ1) is 36.9. The number of halogens is 5. The summed E-state index contributed by atoms with van der Waals surface area (Å²) >= 11 is 6.24. The first-order valence-electron chi connectivity index (χ1n) is 15.8. The van der Waals surface area contributed by atoms with Crippen molar-refractivity contribution in [3.8, 4) is 11.6 Å². The van der Waals surface area contributed by atoms with Gasteiger partial charge >= 0.3 is 12.1 Å². The lowest BCUT2D eigenvalue weighted by Gasteiger charge is -2.36. The van der Waals surface area contributed by atoms with Crippen LogP contribution in [0.15, 0.2) is 53.6 Å². The predicted molar refractivity (Wildman–Crippen MR) is 177 cm³/mol. The monoisotopic (exact) mass is 739 g/mol. The number of carbonyl (C=O) groups excluding carboxylic acids is 1. The summed E-state index contributed by atoms with van der Waals surface area (Å²) in [5.74, 6) is -2.72. The molecule has 3 heterocycles. The van der Waals surface area contributed by atoms with Crippen LogP contribution in [0.2, 0.25) is 5.02 Å². The highest BCUT2D eigenvalue weighted by Gasteiger charge is 2.40. The van der Waals surface area contributed by atoms with Gasteiger partial charge in [-0.3, -0.25) is 13.9 Å². The largest absolute Gasteiger partial charge is 0.486 e. The molecule has 1 unspecified atom stereocenters. The van der Waals surface area contributed by atoms with Crippen LogP contribution in [0, 0.1) is 11.7 Å². The number of allylic oxidation sites excluding steroid dienone is 1. The Hall–Kier alpha value is -4.37. The fourth-order valence-corrected chi connectivity index (χ4v) is 7.87. The van der Waals surface area contributed by atoms with E-state index in [4.69, 9.17) is 21.1 Å². The second kappa shape index (κ2) is 14.9. The molecule has 0 bridgehead atoms. The van der Waals surface area contributed by atoms with Crippen LogP contribution in [0.25, 0.3) is 11.6 Å². The molecule has 50 heavy (non-hydrogen) atoms. The molecule has 1 amide bonds. The zero-order valence-corrected chi connectivity index (χ0v) is 28.6. The fourth-order valence-electron chi connectivity index (χ4n) is 5.95. The van der Waals surface area contributed by atoms with E-state index >= 15 is 0 Å². The number of aromatic nitrogens is 1. The number of alkyl halides is 3. The number of benzene rings is 2. The van der Waals surface area contributed by atoms with Crippen LogP contribution in [-0.2, 0) is 25.8 Å². The molecule has 1 atom stereocenters. The van der Waals surface area contributed by atoms with Gasteiger partial charge in [0.1, 0.15) is 17.7 Å². The molecule has 1 fully saturated rings. The van der Waals surface area contributed by atoms with E-state index in [1.807, 2.05) is 0 Å². The molecular formula is C34H34ClF4N3O7S. The quantitative estimate of drug-likeness (QED) is 0.176. The van der Waals surface area contributed by atoms with Gasteiger partial charge in [-0.2, -0.15) is 13.2 Å². The van der Waals surface area contributed by atoms with Gasteiger partial charge in [0.25, 0.3) is 10.0 Å². The predicted octanol–water partition coefficient (Wildman–Crippen LogP) is 6.91. The van der Waals surface area contributed by atoms with E-state index in [0.717, 1.165) is 4.31 Å². The smallest absolute Gasteiger partial charge is 0.417 e. The molecule has 10 nitrogen and oxygen atoms in total. The van der Waals surface area contributed by atoms with Gasteiger partial charge < -0.3 is 19.5 Å². The zero-order chi connectivity index (χ0) is 36.4. The number of anilines is 1. The number of carboxylic acid groups (broad SMARTS) is 1. The lowest BCUT2D eigenvalue weighted by molar-refractivity contribution is -0.145. The molecule has 2 aliphatic rings. The van der Waals surface area contributed by atoms with Crippen molar-refractivity contribution in [2.45, 2.75) is 56.7 Å². The highest BCUT2D eigenvalue weighted by atomic mass is 35.5. The van der Waals surface area contributed by atoms with Crippen molar-refractivity contribution in [1.29, 1.82) is 0 Å². The molecule has 0 aliphatic carbocycles. The molecule has 5 rings (SSSR count). The van der Waals surface area contributed by atoms with E-state index in [0.29, 0.717) is 36.2 Å². The van der Waals surface area contributed by atoms with Crippen LogP contribution in [0.5, 0.6) is 11.6 Å². The van der Waals surface area contributed by atoms with Gasteiger partial charge in [-0.1, -0.05) is 29.8 Å². The number of ether oxygens (including phenoxy) is 2. The Kier molecular flexibility index (Phi) is 11.0. The molecule has 3 aromatic rings. The Labute approximate surface area is 291 Å². The topological polar surface area (TPSA) is 126 Å². The van der Waals surface area contributed by atoms with Gasteiger partial charge in [-0.05, 0) is 74.6 Å². The standard InChI is InChI=1S/C34H34ClF4N3O7S/c1-3-48-32-29(17-23(18-40-32)34(37,38)39)50(46,47)42-19-24(8-10-30(43)41-13-11-22(12-14-41)33(44)45)49-28-9-7-21(16-27(28)42)15-20(2)31-25(35)5-4-6-26(31)36/h4-7,9,15-18,22,24H,3,8,10-14,19H2,1-2H3,(H,44,45). The van der Waals surface area contributed by atoms with Crippen LogP contribution in [0.3, 0.4) is 0 Å². The number of carboxylic acids is 1. The Morgan fingerprint density at radius 2 is 1.88 bits per heavy atom. The number of carbonyl (C=O) groups is 2. The van der Waals surface area contributed by atoms with Crippen molar-refractivity contribution in [2.75, 3.05) is 30.5 Å². The number of likely N-dealkylation sites (tertiary alicyclic amines) is 1. The molecule has 0 radical (unpaired) electrons. The van der Waals surface area contributed by atoms with E-state index in [2.05, 4.69) is 4.98 Å². The Balaban J connectivity index is 1.51. The van der Waals surface area contributed by atoms with Crippen molar-refractivity contribution in [3.05, 3.63) is 76.2 Å². The summed E-state index contributed by atoms with van der Waals surface area (Å²) < 4.78 is 97.1. The Bertz CT molecular complexity index is 1890. The van der Waals surface area contributed by atoms with E-state index < -0.39 is 56.3 Å². The fraction of sp³-hybridized carbons (Fsp3) is 0.382. The molecule has 1 aromatic heterocycles. The highest BCUT2D eigenvalue weighted by Crippen LogP contribution is 2.42. The maximum Gasteiger partial charge on any atom is 0.417 e. The van der Waals surface area contributed by atoms with Crippen LogP contribution >= 0.6 is 11.6 Å². The molecular weight excluding hydrogens is 706 g/mol. The van der Waals surface area contributed by atoms with E-state index in [1.165, 1.54) is 37.3 Å².